The molecular formula is C14H27IO2. The number of hydrogen-bond acceptors (Lipinski definition) is 1. The van der Waals surface area contributed by atoms with Gasteiger partial charge in [-0.3, -0.25) is 0 Å². The van der Waals surface area contributed by atoms with Gasteiger partial charge in [-0.25, -0.2) is 4.79 Å². The van der Waals surface area contributed by atoms with Crippen LogP contribution >= 0.6 is 22.6 Å². The minimum atomic E-state index is -0.804. The van der Waals surface area contributed by atoms with Crippen molar-refractivity contribution < 1.29 is 9.90 Å². The zero-order chi connectivity index (χ0) is 13.5. The smallest absolute Gasteiger partial charge is 0.330 e. The monoisotopic (exact) mass is 354 g/mol. The Balaban J connectivity index is 0. The number of unbranched alkanes of at least 4 members (excludes halogenated alkanes) is 5. The molecule has 0 unspecified atom stereocenters. The first-order chi connectivity index (χ1) is 8.09. The first-order valence-corrected chi connectivity index (χ1v) is 8.08. The Labute approximate surface area is 120 Å². The van der Waals surface area contributed by atoms with E-state index in [9.17, 15) is 4.79 Å². The van der Waals surface area contributed by atoms with E-state index in [1.807, 2.05) is 0 Å². The molecular weight excluding hydrogens is 327 g/mol. The minimum absolute atomic E-state index is 0.459. The standard InChI is InChI=1S/C9H16O2.C5H11I/c1-3-4-5-6-7-8(2)9(10)11;1-2-3-4-5-6/h7H,3-6H2,1-2H3,(H,10,11);2-5H2,1H3. The van der Waals surface area contributed by atoms with Crippen LogP contribution in [0.25, 0.3) is 0 Å². The van der Waals surface area contributed by atoms with E-state index in [1.54, 1.807) is 13.0 Å². The maximum atomic E-state index is 10.3. The van der Waals surface area contributed by atoms with E-state index in [0.717, 1.165) is 12.8 Å². The molecule has 0 aromatic heterocycles. The first-order valence-electron chi connectivity index (χ1n) is 6.56. The number of halogens is 1. The highest BCUT2D eigenvalue weighted by Crippen LogP contribution is 2.02. The van der Waals surface area contributed by atoms with Gasteiger partial charge in [0.15, 0.2) is 0 Å². The quantitative estimate of drug-likeness (QED) is 0.281. The van der Waals surface area contributed by atoms with Crippen molar-refractivity contribution in [2.24, 2.45) is 0 Å². The van der Waals surface area contributed by atoms with E-state index in [1.165, 1.54) is 36.5 Å². The summed E-state index contributed by atoms with van der Waals surface area (Å²) in [6.45, 7) is 5.99. The summed E-state index contributed by atoms with van der Waals surface area (Å²) >= 11 is 2.41. The number of carboxylic acid groups (broad SMARTS) is 1. The zero-order valence-electron chi connectivity index (χ0n) is 11.5. The number of allylic oxidation sites excluding steroid dienone is 1. The molecule has 0 aliphatic carbocycles. The average Bonchev–Trinajstić information content (AvgIpc) is 2.32. The summed E-state index contributed by atoms with van der Waals surface area (Å²) in [6, 6.07) is 0. The minimum Gasteiger partial charge on any atom is -0.478 e. The summed E-state index contributed by atoms with van der Waals surface area (Å²) in [6.07, 6.45) is 10.3. The van der Waals surface area contributed by atoms with Crippen molar-refractivity contribution in [3.63, 3.8) is 0 Å². The lowest BCUT2D eigenvalue weighted by Gasteiger charge is -1.93. The Morgan fingerprint density at radius 1 is 1.12 bits per heavy atom. The zero-order valence-corrected chi connectivity index (χ0v) is 13.6. The van der Waals surface area contributed by atoms with E-state index >= 15 is 0 Å². The Morgan fingerprint density at radius 2 is 1.65 bits per heavy atom. The van der Waals surface area contributed by atoms with Gasteiger partial charge in [0, 0.05) is 5.57 Å². The van der Waals surface area contributed by atoms with Crippen LogP contribution in [0.2, 0.25) is 0 Å². The summed E-state index contributed by atoms with van der Waals surface area (Å²) in [5.41, 5.74) is 0.459. The third-order valence-electron chi connectivity index (χ3n) is 2.33. The second-order valence-electron chi connectivity index (χ2n) is 4.08. The number of aliphatic carboxylic acids is 1. The lowest BCUT2D eigenvalue weighted by atomic mass is 10.1. The maximum Gasteiger partial charge on any atom is 0.330 e. The predicted octanol–water partition coefficient (Wildman–Crippen LogP) is 5.21. The number of rotatable bonds is 8. The second kappa shape index (κ2) is 15.9. The molecule has 17 heavy (non-hydrogen) atoms. The predicted molar refractivity (Wildman–Crippen MR) is 83.9 cm³/mol. The number of carbonyl (C=O) groups is 1. The summed E-state index contributed by atoms with van der Waals surface area (Å²) in [4.78, 5) is 10.3. The molecule has 0 aromatic rings. The van der Waals surface area contributed by atoms with Crippen molar-refractivity contribution in [1.29, 1.82) is 0 Å². The summed E-state index contributed by atoms with van der Waals surface area (Å²) in [5.74, 6) is -0.804. The molecule has 0 spiro atoms. The van der Waals surface area contributed by atoms with Crippen LogP contribution in [-0.4, -0.2) is 15.5 Å². The van der Waals surface area contributed by atoms with Crippen molar-refractivity contribution in [3.8, 4) is 0 Å². The Kier molecular flexibility index (Phi) is 18.1. The lowest BCUT2D eigenvalue weighted by Crippen LogP contribution is -1.95. The second-order valence-corrected chi connectivity index (χ2v) is 5.16. The van der Waals surface area contributed by atoms with Crippen LogP contribution in [0.4, 0.5) is 0 Å². The largest absolute Gasteiger partial charge is 0.478 e. The van der Waals surface area contributed by atoms with Crippen LogP contribution in [0.1, 0.15) is 65.7 Å². The molecule has 0 rings (SSSR count). The molecule has 102 valence electrons. The average molecular weight is 354 g/mol. The molecule has 0 fully saturated rings. The van der Waals surface area contributed by atoms with Crippen molar-refractivity contribution in [2.75, 3.05) is 4.43 Å². The lowest BCUT2D eigenvalue weighted by molar-refractivity contribution is -0.132. The van der Waals surface area contributed by atoms with Gasteiger partial charge in [0.05, 0.1) is 0 Å². The van der Waals surface area contributed by atoms with Gasteiger partial charge in [-0.2, -0.15) is 0 Å². The van der Waals surface area contributed by atoms with E-state index < -0.39 is 5.97 Å². The van der Waals surface area contributed by atoms with Gasteiger partial charge in [-0.15, -0.1) is 0 Å². The number of carboxylic acids is 1. The Morgan fingerprint density at radius 3 is 2.00 bits per heavy atom. The van der Waals surface area contributed by atoms with Gasteiger partial charge >= 0.3 is 5.97 Å². The van der Waals surface area contributed by atoms with Crippen LogP contribution in [0, 0.1) is 0 Å². The molecule has 0 atom stereocenters. The molecule has 0 radical (unpaired) electrons. The molecule has 0 bridgehead atoms. The summed E-state index contributed by atoms with van der Waals surface area (Å²) in [5, 5.41) is 8.47. The van der Waals surface area contributed by atoms with Crippen LogP contribution in [0.15, 0.2) is 11.6 Å². The third-order valence-corrected chi connectivity index (χ3v) is 3.10. The fourth-order valence-corrected chi connectivity index (χ4v) is 1.68. The highest BCUT2D eigenvalue weighted by Gasteiger charge is 1.96. The highest BCUT2D eigenvalue weighted by molar-refractivity contribution is 14.1. The van der Waals surface area contributed by atoms with Crippen LogP contribution in [0.3, 0.4) is 0 Å². The maximum absolute atomic E-state index is 10.3. The van der Waals surface area contributed by atoms with Gasteiger partial charge in [0.25, 0.3) is 0 Å². The molecule has 0 aliphatic heterocycles. The molecule has 2 nitrogen and oxygen atoms in total. The van der Waals surface area contributed by atoms with Crippen molar-refractivity contribution in [3.05, 3.63) is 11.6 Å². The SMILES string of the molecule is CCCCCC=C(C)C(=O)O.CCCCCI. The van der Waals surface area contributed by atoms with E-state index in [2.05, 4.69) is 36.4 Å². The van der Waals surface area contributed by atoms with Crippen molar-refractivity contribution in [2.45, 2.75) is 65.7 Å². The number of alkyl halides is 1. The van der Waals surface area contributed by atoms with Gasteiger partial charge in [0.2, 0.25) is 0 Å². The normalized spacial score (nSPS) is 10.7. The molecule has 0 saturated carbocycles. The summed E-state index contributed by atoms with van der Waals surface area (Å²) in [7, 11) is 0. The first kappa shape index (κ1) is 19.3. The fraction of sp³-hybridized carbons (Fsp3) is 0.786. The molecule has 0 amide bonds. The third kappa shape index (κ3) is 18.5. The Hall–Kier alpha value is -0.0600. The van der Waals surface area contributed by atoms with Crippen LogP contribution in [0.5, 0.6) is 0 Å². The molecule has 1 N–H and O–H groups in total. The fourth-order valence-electron chi connectivity index (χ4n) is 1.14. The molecule has 0 saturated heterocycles. The molecule has 0 aromatic carbocycles. The topological polar surface area (TPSA) is 37.3 Å². The van der Waals surface area contributed by atoms with E-state index in [-0.39, 0.29) is 0 Å². The van der Waals surface area contributed by atoms with Crippen molar-refractivity contribution in [1.82, 2.24) is 0 Å². The molecule has 0 heterocycles. The number of hydrogen-bond donors (Lipinski definition) is 1. The van der Waals surface area contributed by atoms with Gasteiger partial charge in [-0.05, 0) is 30.6 Å². The highest BCUT2D eigenvalue weighted by atomic mass is 127. The van der Waals surface area contributed by atoms with Crippen LogP contribution < -0.4 is 0 Å². The van der Waals surface area contributed by atoms with Crippen LogP contribution in [-0.2, 0) is 4.79 Å². The van der Waals surface area contributed by atoms with Gasteiger partial charge in [-0.1, -0.05) is 68.2 Å². The molecule has 3 heteroatoms. The van der Waals surface area contributed by atoms with E-state index in [0.29, 0.717) is 5.57 Å². The van der Waals surface area contributed by atoms with Gasteiger partial charge < -0.3 is 5.11 Å². The summed E-state index contributed by atoms with van der Waals surface area (Å²) < 4.78 is 1.32. The molecule has 0 aliphatic rings. The van der Waals surface area contributed by atoms with Crippen molar-refractivity contribution >= 4 is 28.6 Å². The van der Waals surface area contributed by atoms with Gasteiger partial charge in [0.1, 0.15) is 0 Å². The van der Waals surface area contributed by atoms with E-state index in [4.69, 9.17) is 5.11 Å². The Bertz CT molecular complexity index is 196.